The number of hydrogen-bond donors (Lipinski definition) is 0. The summed E-state index contributed by atoms with van der Waals surface area (Å²) in [6.07, 6.45) is 2.01. The average molecular weight is 233 g/mol. The molecule has 1 saturated carbocycles. The Balaban J connectivity index is 1.98. The highest BCUT2D eigenvalue weighted by Crippen LogP contribution is 2.47. The minimum Gasteiger partial charge on any atom is -0.197 e. The zero-order valence-electron chi connectivity index (χ0n) is 10.5. The van der Waals surface area contributed by atoms with Crippen LogP contribution in [0, 0.1) is 18.3 Å². The molecule has 3 rings (SSSR count). The summed E-state index contributed by atoms with van der Waals surface area (Å²) in [6, 6.07) is 19.3. The molecule has 0 bridgehead atoms. The molecule has 1 aliphatic carbocycles. The molecule has 0 amide bonds. The van der Waals surface area contributed by atoms with Gasteiger partial charge in [-0.1, -0.05) is 48.5 Å². The summed E-state index contributed by atoms with van der Waals surface area (Å²) in [7, 11) is 0. The molecule has 2 aromatic carbocycles. The molecule has 0 N–H and O–H groups in total. The third-order valence-electron chi connectivity index (χ3n) is 3.86. The minimum atomic E-state index is -0.176. The lowest BCUT2D eigenvalue weighted by Gasteiger charge is -2.09. The lowest BCUT2D eigenvalue weighted by atomic mass is 9.94. The Hall–Kier alpha value is -2.07. The maximum absolute atomic E-state index is 9.19. The molecule has 1 nitrogen and oxygen atoms in total. The molecular formula is C17H15N. The monoisotopic (exact) mass is 233 g/mol. The molecule has 2 aromatic rings. The molecule has 0 aromatic heterocycles. The van der Waals surface area contributed by atoms with Gasteiger partial charge in [-0.2, -0.15) is 5.26 Å². The van der Waals surface area contributed by atoms with Crippen molar-refractivity contribution in [1.29, 1.82) is 5.26 Å². The Morgan fingerprint density at radius 1 is 1.00 bits per heavy atom. The molecule has 1 aliphatic rings. The third-order valence-corrected chi connectivity index (χ3v) is 3.86. The zero-order chi connectivity index (χ0) is 12.6. The number of aryl methyl sites for hydroxylation is 1. The summed E-state index contributed by atoms with van der Waals surface area (Å²) >= 11 is 0. The van der Waals surface area contributed by atoms with Crippen LogP contribution in [0.3, 0.4) is 0 Å². The average Bonchev–Trinajstić information content (AvgIpc) is 3.21. The van der Waals surface area contributed by atoms with Gasteiger partial charge in [-0.05, 0) is 42.0 Å². The van der Waals surface area contributed by atoms with E-state index in [1.807, 2.05) is 0 Å². The Morgan fingerprint density at radius 2 is 1.67 bits per heavy atom. The lowest BCUT2D eigenvalue weighted by molar-refractivity contribution is 0.909. The fourth-order valence-corrected chi connectivity index (χ4v) is 2.46. The summed E-state index contributed by atoms with van der Waals surface area (Å²) in [5, 5.41) is 9.19. The fourth-order valence-electron chi connectivity index (χ4n) is 2.46. The van der Waals surface area contributed by atoms with E-state index in [1.54, 1.807) is 0 Å². The van der Waals surface area contributed by atoms with Crippen LogP contribution in [0.25, 0.3) is 11.1 Å². The summed E-state index contributed by atoms with van der Waals surface area (Å²) in [4.78, 5) is 0. The van der Waals surface area contributed by atoms with Crippen molar-refractivity contribution in [3.63, 3.8) is 0 Å². The van der Waals surface area contributed by atoms with Crippen LogP contribution in [0.5, 0.6) is 0 Å². The van der Waals surface area contributed by atoms with Gasteiger partial charge in [0, 0.05) is 0 Å². The highest BCUT2D eigenvalue weighted by atomic mass is 14.5. The predicted molar refractivity (Wildman–Crippen MR) is 73.1 cm³/mol. The second-order valence-corrected chi connectivity index (χ2v) is 5.09. The van der Waals surface area contributed by atoms with E-state index in [1.165, 1.54) is 22.3 Å². The minimum absolute atomic E-state index is 0.176. The van der Waals surface area contributed by atoms with E-state index in [0.29, 0.717) is 0 Å². The quantitative estimate of drug-likeness (QED) is 0.762. The first-order valence-electron chi connectivity index (χ1n) is 6.33. The molecule has 1 fully saturated rings. The van der Waals surface area contributed by atoms with Crippen LogP contribution in [-0.4, -0.2) is 0 Å². The first-order chi connectivity index (χ1) is 8.75. The number of hydrogen-bond acceptors (Lipinski definition) is 1. The molecule has 0 atom stereocenters. The van der Waals surface area contributed by atoms with Crippen molar-refractivity contribution in [3.8, 4) is 17.2 Å². The van der Waals surface area contributed by atoms with Gasteiger partial charge in [-0.15, -0.1) is 0 Å². The van der Waals surface area contributed by atoms with Crippen molar-refractivity contribution >= 4 is 0 Å². The van der Waals surface area contributed by atoms with Gasteiger partial charge in [-0.3, -0.25) is 0 Å². The van der Waals surface area contributed by atoms with Crippen LogP contribution in [0.15, 0.2) is 48.5 Å². The van der Waals surface area contributed by atoms with E-state index in [-0.39, 0.29) is 5.41 Å². The van der Waals surface area contributed by atoms with Crippen molar-refractivity contribution < 1.29 is 0 Å². The first-order valence-corrected chi connectivity index (χ1v) is 6.33. The van der Waals surface area contributed by atoms with Crippen molar-refractivity contribution in [2.24, 2.45) is 0 Å². The molecule has 1 heteroatoms. The SMILES string of the molecule is Cc1ccccc1-c1ccc(C2(C#N)CC2)cc1. The van der Waals surface area contributed by atoms with Crippen LogP contribution in [0.4, 0.5) is 0 Å². The highest BCUT2D eigenvalue weighted by molar-refractivity contribution is 5.67. The molecule has 0 unspecified atom stereocenters. The topological polar surface area (TPSA) is 23.8 Å². The molecule has 18 heavy (non-hydrogen) atoms. The van der Waals surface area contributed by atoms with E-state index >= 15 is 0 Å². The number of nitrogens with zero attached hydrogens (tertiary/aromatic N) is 1. The summed E-state index contributed by atoms with van der Waals surface area (Å²) in [6.45, 7) is 2.13. The van der Waals surface area contributed by atoms with Crippen molar-refractivity contribution in [3.05, 3.63) is 59.7 Å². The zero-order valence-corrected chi connectivity index (χ0v) is 10.5. The van der Waals surface area contributed by atoms with Crippen molar-refractivity contribution in [1.82, 2.24) is 0 Å². The summed E-state index contributed by atoms with van der Waals surface area (Å²) < 4.78 is 0. The Labute approximate surface area is 108 Å². The summed E-state index contributed by atoms with van der Waals surface area (Å²) in [5.74, 6) is 0. The van der Waals surface area contributed by atoms with Gasteiger partial charge in [0.15, 0.2) is 0 Å². The van der Waals surface area contributed by atoms with Crippen molar-refractivity contribution in [2.45, 2.75) is 25.2 Å². The van der Waals surface area contributed by atoms with Gasteiger partial charge >= 0.3 is 0 Å². The molecule has 88 valence electrons. The Kier molecular flexibility index (Phi) is 2.45. The van der Waals surface area contributed by atoms with Gasteiger partial charge in [0.25, 0.3) is 0 Å². The Bertz CT molecular complexity index is 613. The standard InChI is InChI=1S/C17H15N/c1-13-4-2-3-5-16(13)14-6-8-15(9-7-14)17(12-18)10-11-17/h2-9H,10-11H2,1H3. The van der Waals surface area contributed by atoms with E-state index in [9.17, 15) is 5.26 Å². The van der Waals surface area contributed by atoms with E-state index < -0.39 is 0 Å². The predicted octanol–water partition coefficient (Wildman–Crippen LogP) is 4.22. The van der Waals surface area contributed by atoms with Crippen molar-refractivity contribution in [2.75, 3.05) is 0 Å². The number of benzene rings is 2. The molecule has 0 saturated heterocycles. The van der Waals surface area contributed by atoms with Gasteiger partial charge in [-0.25, -0.2) is 0 Å². The molecule has 0 spiro atoms. The van der Waals surface area contributed by atoms with Crippen LogP contribution in [0.1, 0.15) is 24.0 Å². The molecule has 0 radical (unpaired) electrons. The highest BCUT2D eigenvalue weighted by Gasteiger charge is 2.44. The maximum atomic E-state index is 9.19. The molecule has 0 aliphatic heterocycles. The number of rotatable bonds is 2. The Morgan fingerprint density at radius 3 is 2.22 bits per heavy atom. The van der Waals surface area contributed by atoms with Crippen LogP contribution in [0.2, 0.25) is 0 Å². The van der Waals surface area contributed by atoms with Gasteiger partial charge in [0.2, 0.25) is 0 Å². The van der Waals surface area contributed by atoms with E-state index in [2.05, 4.69) is 61.5 Å². The van der Waals surface area contributed by atoms with Crippen LogP contribution in [-0.2, 0) is 5.41 Å². The van der Waals surface area contributed by atoms with E-state index in [4.69, 9.17) is 0 Å². The first kappa shape index (κ1) is 11.0. The fraction of sp³-hybridized carbons (Fsp3) is 0.235. The second kappa shape index (κ2) is 3.99. The van der Waals surface area contributed by atoms with Gasteiger partial charge in [0.1, 0.15) is 0 Å². The second-order valence-electron chi connectivity index (χ2n) is 5.09. The van der Waals surface area contributed by atoms with Gasteiger partial charge in [0.05, 0.1) is 11.5 Å². The molecular weight excluding hydrogens is 218 g/mol. The summed E-state index contributed by atoms with van der Waals surface area (Å²) in [5.41, 5.74) is 4.77. The van der Waals surface area contributed by atoms with Crippen LogP contribution >= 0.6 is 0 Å². The molecule has 0 heterocycles. The normalized spacial score (nSPS) is 16.0. The van der Waals surface area contributed by atoms with E-state index in [0.717, 1.165) is 12.8 Å². The smallest absolute Gasteiger partial charge is 0.0823 e. The maximum Gasteiger partial charge on any atom is 0.0823 e. The van der Waals surface area contributed by atoms with Gasteiger partial charge < -0.3 is 0 Å². The van der Waals surface area contributed by atoms with Crippen LogP contribution < -0.4 is 0 Å². The lowest BCUT2D eigenvalue weighted by Crippen LogP contribution is -2.01. The number of nitriles is 1. The third kappa shape index (κ3) is 1.71. The largest absolute Gasteiger partial charge is 0.197 e.